The van der Waals surface area contributed by atoms with Crippen LogP contribution in [0.3, 0.4) is 0 Å². The molecule has 1 aromatic rings. The van der Waals surface area contributed by atoms with Crippen LogP contribution in [0.4, 0.5) is 0 Å². The first kappa shape index (κ1) is 14.1. The summed E-state index contributed by atoms with van der Waals surface area (Å²) < 4.78 is 9.86. The van der Waals surface area contributed by atoms with Gasteiger partial charge in [0.2, 0.25) is 0 Å². The zero-order valence-electron chi connectivity index (χ0n) is 11.2. The molecule has 0 radical (unpaired) electrons. The van der Waals surface area contributed by atoms with Crippen LogP contribution in [0.25, 0.3) is 6.08 Å². The molecule has 0 unspecified atom stereocenters. The Bertz CT molecular complexity index is 563. The molecule has 1 aromatic heterocycles. The van der Waals surface area contributed by atoms with Crippen molar-refractivity contribution in [3.05, 3.63) is 41.1 Å². The van der Waals surface area contributed by atoms with Crippen LogP contribution in [0.15, 0.2) is 39.7 Å². The second-order valence-corrected chi connectivity index (χ2v) is 4.56. The molecule has 0 fully saturated rings. The van der Waals surface area contributed by atoms with Gasteiger partial charge in [0.25, 0.3) is 0 Å². The highest BCUT2D eigenvalue weighted by atomic mass is 16.5. The summed E-state index contributed by atoms with van der Waals surface area (Å²) in [6.45, 7) is 0. The third kappa shape index (κ3) is 3.17. The van der Waals surface area contributed by atoms with Crippen LogP contribution in [0.1, 0.15) is 31.4 Å². The summed E-state index contributed by atoms with van der Waals surface area (Å²) in [5.41, 5.74) is 0.568. The molecule has 1 aliphatic rings. The number of aliphatic hydroxyl groups excluding tert-OH is 1. The fourth-order valence-corrected chi connectivity index (χ4v) is 2.13. The maximum Gasteiger partial charge on any atom is 0.334 e. The van der Waals surface area contributed by atoms with E-state index < -0.39 is 5.97 Å². The first-order chi connectivity index (χ1) is 9.61. The molecule has 0 saturated carbocycles. The predicted octanol–water partition coefficient (Wildman–Crippen LogP) is 2.79. The van der Waals surface area contributed by atoms with Crippen molar-refractivity contribution in [2.45, 2.75) is 25.7 Å². The highest BCUT2D eigenvalue weighted by molar-refractivity contribution is 6.01. The molecular formula is C15H16O5. The molecule has 0 aliphatic heterocycles. The van der Waals surface area contributed by atoms with Gasteiger partial charge in [-0.3, -0.25) is 4.79 Å². The largest absolute Gasteiger partial charge is 0.512 e. The van der Waals surface area contributed by atoms with Gasteiger partial charge in [0.1, 0.15) is 5.76 Å². The van der Waals surface area contributed by atoms with Gasteiger partial charge < -0.3 is 14.3 Å². The maximum atomic E-state index is 11.8. The number of hydrogen-bond acceptors (Lipinski definition) is 5. The van der Waals surface area contributed by atoms with E-state index in [2.05, 4.69) is 0 Å². The van der Waals surface area contributed by atoms with E-state index >= 15 is 0 Å². The molecule has 0 saturated heterocycles. The maximum absolute atomic E-state index is 11.8. The molecule has 5 heteroatoms. The average molecular weight is 276 g/mol. The van der Waals surface area contributed by atoms with E-state index in [9.17, 15) is 14.7 Å². The molecule has 0 atom stereocenters. The Kier molecular flexibility index (Phi) is 4.40. The van der Waals surface area contributed by atoms with Crippen molar-refractivity contribution in [3.63, 3.8) is 0 Å². The fraction of sp³-hybridized carbons (Fsp3) is 0.333. The average Bonchev–Trinajstić information content (AvgIpc) is 2.94. The van der Waals surface area contributed by atoms with Crippen LogP contribution in [-0.2, 0) is 14.3 Å². The van der Waals surface area contributed by atoms with Gasteiger partial charge in [-0.2, -0.15) is 0 Å². The molecule has 5 nitrogen and oxygen atoms in total. The number of esters is 1. The second-order valence-electron chi connectivity index (χ2n) is 4.56. The third-order valence-corrected chi connectivity index (χ3v) is 3.18. The predicted molar refractivity (Wildman–Crippen MR) is 71.8 cm³/mol. The van der Waals surface area contributed by atoms with Crippen molar-refractivity contribution in [1.82, 2.24) is 0 Å². The molecule has 1 aliphatic carbocycles. The van der Waals surface area contributed by atoms with E-state index in [-0.39, 0.29) is 23.5 Å². The van der Waals surface area contributed by atoms with Crippen LogP contribution >= 0.6 is 0 Å². The normalized spacial score (nSPS) is 16.4. The molecule has 106 valence electrons. The summed E-state index contributed by atoms with van der Waals surface area (Å²) in [7, 11) is 1.27. The smallest absolute Gasteiger partial charge is 0.334 e. The van der Waals surface area contributed by atoms with Crippen LogP contribution in [0.2, 0.25) is 0 Å². The van der Waals surface area contributed by atoms with E-state index in [1.54, 1.807) is 12.1 Å². The zero-order valence-corrected chi connectivity index (χ0v) is 11.2. The second kappa shape index (κ2) is 6.23. The first-order valence-corrected chi connectivity index (χ1v) is 6.38. The van der Waals surface area contributed by atoms with E-state index in [0.717, 1.165) is 0 Å². The standard InChI is InChI=1S/C15H16O5/c1-19-15(18)10(8-11-4-3-7-20-11)9-12-13(16)5-2-6-14(12)17/h3-4,7-8,16H,2,5-6,9H2,1H3/b10-8+. The lowest BCUT2D eigenvalue weighted by molar-refractivity contribution is -0.136. The number of methoxy groups -OCH3 is 1. The van der Waals surface area contributed by atoms with Gasteiger partial charge in [0, 0.05) is 30.4 Å². The van der Waals surface area contributed by atoms with Crippen molar-refractivity contribution in [2.24, 2.45) is 0 Å². The minimum atomic E-state index is -0.542. The van der Waals surface area contributed by atoms with Gasteiger partial charge in [0.05, 0.1) is 19.1 Å². The highest BCUT2D eigenvalue weighted by Crippen LogP contribution is 2.26. The summed E-state index contributed by atoms with van der Waals surface area (Å²) >= 11 is 0. The number of furan rings is 1. The number of hydrogen-bond donors (Lipinski definition) is 1. The van der Waals surface area contributed by atoms with Crippen LogP contribution in [0, 0.1) is 0 Å². The Morgan fingerprint density at radius 2 is 2.30 bits per heavy atom. The molecule has 0 bridgehead atoms. The number of aliphatic hydroxyl groups is 1. The summed E-state index contributed by atoms with van der Waals surface area (Å²) in [6, 6.07) is 3.39. The lowest BCUT2D eigenvalue weighted by Crippen LogP contribution is -2.15. The highest BCUT2D eigenvalue weighted by Gasteiger charge is 2.23. The van der Waals surface area contributed by atoms with E-state index in [1.165, 1.54) is 19.4 Å². The van der Waals surface area contributed by atoms with Gasteiger partial charge in [-0.25, -0.2) is 4.79 Å². The molecule has 20 heavy (non-hydrogen) atoms. The molecule has 0 aromatic carbocycles. The van der Waals surface area contributed by atoms with Crippen LogP contribution in [-0.4, -0.2) is 24.0 Å². The molecule has 1 heterocycles. The first-order valence-electron chi connectivity index (χ1n) is 6.38. The van der Waals surface area contributed by atoms with Crippen molar-refractivity contribution in [2.75, 3.05) is 7.11 Å². The van der Waals surface area contributed by atoms with E-state index in [1.807, 2.05) is 0 Å². The zero-order chi connectivity index (χ0) is 14.5. The fourth-order valence-electron chi connectivity index (χ4n) is 2.13. The topological polar surface area (TPSA) is 76.7 Å². The van der Waals surface area contributed by atoms with Gasteiger partial charge in [-0.1, -0.05) is 0 Å². The Morgan fingerprint density at radius 3 is 2.90 bits per heavy atom. The van der Waals surface area contributed by atoms with Crippen LogP contribution < -0.4 is 0 Å². The number of allylic oxidation sites excluding steroid dienone is 2. The molecular weight excluding hydrogens is 260 g/mol. The summed E-state index contributed by atoms with van der Waals surface area (Å²) in [5, 5.41) is 9.82. The van der Waals surface area contributed by atoms with Gasteiger partial charge in [-0.15, -0.1) is 0 Å². The summed E-state index contributed by atoms with van der Waals surface area (Å²) in [4.78, 5) is 23.6. The lowest BCUT2D eigenvalue weighted by Gasteiger charge is -2.15. The van der Waals surface area contributed by atoms with Gasteiger partial charge in [0.15, 0.2) is 5.78 Å². The Balaban J connectivity index is 2.29. The van der Waals surface area contributed by atoms with Crippen molar-refractivity contribution in [1.29, 1.82) is 0 Å². The Labute approximate surface area is 116 Å². The summed E-state index contributed by atoms with van der Waals surface area (Å²) in [5.74, 6) is -0.104. The monoisotopic (exact) mass is 276 g/mol. The number of Topliss-reactive ketones (excluding diaryl/α,β-unsaturated/α-hetero) is 1. The van der Waals surface area contributed by atoms with Crippen molar-refractivity contribution in [3.8, 4) is 0 Å². The van der Waals surface area contributed by atoms with Crippen LogP contribution in [0.5, 0.6) is 0 Å². The minimum Gasteiger partial charge on any atom is -0.512 e. The minimum absolute atomic E-state index is 0.0536. The molecule has 0 spiro atoms. The molecule has 1 N–H and O–H groups in total. The van der Waals surface area contributed by atoms with Crippen molar-refractivity contribution < 1.29 is 23.8 Å². The third-order valence-electron chi connectivity index (χ3n) is 3.18. The van der Waals surface area contributed by atoms with Crippen molar-refractivity contribution >= 4 is 17.8 Å². The number of carbonyl (C=O) groups is 2. The number of ether oxygens (including phenoxy) is 1. The number of ketones is 1. The Hall–Kier alpha value is -2.30. The number of carbonyl (C=O) groups excluding carboxylic acids is 2. The summed E-state index contributed by atoms with van der Waals surface area (Å²) in [6.07, 6.45) is 4.57. The lowest BCUT2D eigenvalue weighted by atomic mass is 9.91. The van der Waals surface area contributed by atoms with Gasteiger partial charge >= 0.3 is 5.97 Å². The molecule has 2 rings (SSSR count). The Morgan fingerprint density at radius 1 is 1.50 bits per heavy atom. The number of rotatable bonds is 4. The van der Waals surface area contributed by atoms with E-state index in [0.29, 0.717) is 30.6 Å². The molecule has 0 amide bonds. The SMILES string of the molecule is COC(=O)/C(=C/c1ccco1)CC1=C(O)CCCC1=O. The quantitative estimate of drug-likeness (QED) is 0.676. The van der Waals surface area contributed by atoms with Gasteiger partial charge in [-0.05, 0) is 24.6 Å². The van der Waals surface area contributed by atoms with E-state index in [4.69, 9.17) is 9.15 Å².